The Kier molecular flexibility index (Phi) is 6.10. The number of benzene rings is 3. The van der Waals surface area contributed by atoms with E-state index in [1.807, 2.05) is 24.3 Å². The Morgan fingerprint density at radius 1 is 0.793 bits per heavy atom. The molecule has 0 atom stereocenters. The molecule has 150 valence electrons. The van der Waals surface area contributed by atoms with Crippen LogP contribution in [-0.4, -0.2) is 6.54 Å². The monoisotopic (exact) mass is 387 g/mol. The molecule has 0 saturated heterocycles. The minimum Gasteiger partial charge on any atom is -0.330 e. The number of aryl methyl sites for hydroxylation is 1. The van der Waals surface area contributed by atoms with E-state index in [0.29, 0.717) is 17.4 Å². The van der Waals surface area contributed by atoms with Crippen molar-refractivity contribution in [2.75, 3.05) is 6.54 Å². The quantitative estimate of drug-likeness (QED) is 0.503. The van der Waals surface area contributed by atoms with E-state index >= 15 is 0 Å². The first-order chi connectivity index (χ1) is 14.2. The fraction of sp³-hybridized carbons (Fsp3) is 0.333. The van der Waals surface area contributed by atoms with Gasteiger partial charge < -0.3 is 5.73 Å². The zero-order chi connectivity index (χ0) is 20.2. The Balaban J connectivity index is 1.50. The predicted octanol–water partition coefficient (Wildman–Crippen LogP) is 6.95. The zero-order valence-corrected chi connectivity index (χ0v) is 17.2. The minimum absolute atomic E-state index is 0.170. The summed E-state index contributed by atoms with van der Waals surface area (Å²) in [5.74, 6) is 1.16. The average molecular weight is 388 g/mol. The normalized spacial score (nSPS) is 19.3. The summed E-state index contributed by atoms with van der Waals surface area (Å²) >= 11 is 0. The maximum Gasteiger partial charge on any atom is 0.131 e. The molecular formula is C27H30FN. The highest BCUT2D eigenvalue weighted by Gasteiger charge is 2.21. The van der Waals surface area contributed by atoms with E-state index in [-0.39, 0.29) is 5.82 Å². The van der Waals surface area contributed by atoms with Crippen molar-refractivity contribution in [2.24, 2.45) is 11.7 Å². The number of halogens is 1. The van der Waals surface area contributed by atoms with Crippen LogP contribution < -0.4 is 5.73 Å². The van der Waals surface area contributed by atoms with Crippen LogP contribution in [0.25, 0.3) is 22.3 Å². The first-order valence-corrected chi connectivity index (χ1v) is 10.9. The van der Waals surface area contributed by atoms with Crippen LogP contribution in [0.1, 0.15) is 49.7 Å². The molecule has 1 aliphatic rings. The highest BCUT2D eigenvalue weighted by molar-refractivity contribution is 5.71. The molecular weight excluding hydrogens is 357 g/mol. The Morgan fingerprint density at radius 3 is 2.00 bits per heavy atom. The Bertz CT molecular complexity index is 935. The first kappa shape index (κ1) is 19.8. The fourth-order valence-corrected chi connectivity index (χ4v) is 4.53. The van der Waals surface area contributed by atoms with Crippen molar-refractivity contribution in [3.05, 3.63) is 83.7 Å². The van der Waals surface area contributed by atoms with Gasteiger partial charge in [0.2, 0.25) is 0 Å². The van der Waals surface area contributed by atoms with Gasteiger partial charge in [0.1, 0.15) is 5.82 Å². The molecule has 29 heavy (non-hydrogen) atoms. The van der Waals surface area contributed by atoms with Crippen LogP contribution in [0.4, 0.5) is 4.39 Å². The van der Waals surface area contributed by atoms with Crippen LogP contribution in [0.15, 0.2) is 66.7 Å². The summed E-state index contributed by atoms with van der Waals surface area (Å²) in [6.45, 7) is 2.94. The van der Waals surface area contributed by atoms with E-state index < -0.39 is 0 Å². The molecule has 3 aromatic carbocycles. The molecule has 2 heteroatoms. The molecule has 4 rings (SSSR count). The number of nitrogens with two attached hydrogens (primary N) is 1. The lowest BCUT2D eigenvalue weighted by Crippen LogP contribution is -2.20. The summed E-state index contributed by atoms with van der Waals surface area (Å²) in [5, 5.41) is 0. The molecule has 3 aromatic rings. The maximum absolute atomic E-state index is 14.8. The minimum atomic E-state index is -0.170. The van der Waals surface area contributed by atoms with Crippen molar-refractivity contribution in [1.29, 1.82) is 0 Å². The lowest BCUT2D eigenvalue weighted by Gasteiger charge is -2.28. The van der Waals surface area contributed by atoms with Gasteiger partial charge in [-0.1, -0.05) is 67.6 Å². The van der Waals surface area contributed by atoms with Crippen molar-refractivity contribution in [2.45, 2.75) is 44.9 Å². The van der Waals surface area contributed by atoms with Gasteiger partial charge in [-0.05, 0) is 84.4 Å². The second kappa shape index (κ2) is 8.92. The molecule has 1 nitrogen and oxygen atoms in total. The van der Waals surface area contributed by atoms with Crippen LogP contribution in [0.3, 0.4) is 0 Å². The van der Waals surface area contributed by atoms with Crippen molar-refractivity contribution in [3.8, 4) is 22.3 Å². The maximum atomic E-state index is 14.8. The van der Waals surface area contributed by atoms with E-state index in [1.165, 1.54) is 36.8 Å². The standard InChI is InChI=1S/C27H30FN/c1-2-19-3-9-24(10-4-19)26-16-15-25(17-27(26)28)23-13-11-22(12-14-23)21-7-5-20(18-29)6-8-21/h3-4,9-17,20-21H,2,5-8,18,29H2,1H3. The van der Waals surface area contributed by atoms with Gasteiger partial charge in [-0.3, -0.25) is 0 Å². The molecule has 0 spiro atoms. The SMILES string of the molecule is CCc1ccc(-c2ccc(-c3ccc(C4CCC(CN)CC4)cc3)cc2F)cc1. The third-order valence-electron chi connectivity index (χ3n) is 6.54. The van der Waals surface area contributed by atoms with Crippen LogP contribution in [-0.2, 0) is 6.42 Å². The third kappa shape index (κ3) is 4.43. The van der Waals surface area contributed by atoms with Crippen molar-refractivity contribution >= 4 is 0 Å². The highest BCUT2D eigenvalue weighted by atomic mass is 19.1. The molecule has 1 fully saturated rings. The molecule has 2 N–H and O–H groups in total. The van der Waals surface area contributed by atoms with Gasteiger partial charge in [0.05, 0.1) is 0 Å². The predicted molar refractivity (Wildman–Crippen MR) is 120 cm³/mol. The van der Waals surface area contributed by atoms with Crippen molar-refractivity contribution in [1.82, 2.24) is 0 Å². The first-order valence-electron chi connectivity index (χ1n) is 10.9. The van der Waals surface area contributed by atoms with Gasteiger partial charge in [0.15, 0.2) is 0 Å². The molecule has 0 aromatic heterocycles. The molecule has 0 amide bonds. The van der Waals surface area contributed by atoms with Crippen LogP contribution in [0.5, 0.6) is 0 Å². The fourth-order valence-electron chi connectivity index (χ4n) is 4.53. The summed E-state index contributed by atoms with van der Waals surface area (Å²) in [5.41, 5.74) is 12.1. The van der Waals surface area contributed by atoms with E-state index in [0.717, 1.165) is 29.7 Å². The molecule has 0 radical (unpaired) electrons. The number of hydrogen-bond acceptors (Lipinski definition) is 1. The van der Waals surface area contributed by atoms with Crippen molar-refractivity contribution in [3.63, 3.8) is 0 Å². The summed E-state index contributed by atoms with van der Waals surface area (Å²) in [4.78, 5) is 0. The van der Waals surface area contributed by atoms with Crippen LogP contribution in [0, 0.1) is 11.7 Å². The van der Waals surface area contributed by atoms with E-state index in [4.69, 9.17) is 5.73 Å². The molecule has 0 heterocycles. The van der Waals surface area contributed by atoms with E-state index in [2.05, 4.69) is 43.3 Å². The second-order valence-electron chi connectivity index (χ2n) is 8.32. The lowest BCUT2D eigenvalue weighted by molar-refractivity contribution is 0.333. The molecule has 0 aliphatic heterocycles. The van der Waals surface area contributed by atoms with Gasteiger partial charge >= 0.3 is 0 Å². The Labute approximate surface area is 173 Å². The Morgan fingerprint density at radius 2 is 1.41 bits per heavy atom. The molecule has 1 saturated carbocycles. The van der Waals surface area contributed by atoms with Crippen molar-refractivity contribution < 1.29 is 4.39 Å². The summed E-state index contributed by atoms with van der Waals surface area (Å²) in [6.07, 6.45) is 5.90. The van der Waals surface area contributed by atoms with Gasteiger partial charge in [0, 0.05) is 5.56 Å². The Hall–Kier alpha value is -2.45. The second-order valence-corrected chi connectivity index (χ2v) is 8.32. The van der Waals surface area contributed by atoms with Crippen LogP contribution in [0.2, 0.25) is 0 Å². The van der Waals surface area contributed by atoms with Gasteiger partial charge in [-0.25, -0.2) is 4.39 Å². The van der Waals surface area contributed by atoms with Gasteiger partial charge in [0.25, 0.3) is 0 Å². The largest absolute Gasteiger partial charge is 0.330 e. The zero-order valence-electron chi connectivity index (χ0n) is 17.2. The average Bonchev–Trinajstić information content (AvgIpc) is 2.79. The highest BCUT2D eigenvalue weighted by Crippen LogP contribution is 2.36. The molecule has 0 bridgehead atoms. The molecule has 1 aliphatic carbocycles. The summed E-state index contributed by atoms with van der Waals surface area (Å²) in [6, 6.07) is 22.4. The smallest absolute Gasteiger partial charge is 0.131 e. The number of rotatable bonds is 5. The summed E-state index contributed by atoms with van der Waals surface area (Å²) < 4.78 is 14.8. The van der Waals surface area contributed by atoms with E-state index in [9.17, 15) is 4.39 Å². The number of hydrogen-bond donors (Lipinski definition) is 1. The molecule has 0 unspecified atom stereocenters. The third-order valence-corrected chi connectivity index (χ3v) is 6.54. The summed E-state index contributed by atoms with van der Waals surface area (Å²) in [7, 11) is 0. The topological polar surface area (TPSA) is 26.0 Å². The lowest BCUT2D eigenvalue weighted by atomic mass is 9.78. The van der Waals surface area contributed by atoms with E-state index in [1.54, 1.807) is 6.07 Å². The van der Waals surface area contributed by atoms with Gasteiger partial charge in [-0.15, -0.1) is 0 Å². The van der Waals surface area contributed by atoms with Gasteiger partial charge in [-0.2, -0.15) is 0 Å². The van der Waals surface area contributed by atoms with Crippen LogP contribution >= 0.6 is 0 Å².